The molecular formula is C10H11N5O2. The van der Waals surface area contributed by atoms with E-state index >= 15 is 0 Å². The molecule has 2 aromatic heterocycles. The van der Waals surface area contributed by atoms with Crippen molar-refractivity contribution in [1.82, 2.24) is 19.6 Å². The van der Waals surface area contributed by atoms with Crippen LogP contribution in [0.3, 0.4) is 0 Å². The Morgan fingerprint density at radius 2 is 2.00 bits per heavy atom. The monoisotopic (exact) mass is 233 g/mol. The molecule has 0 radical (unpaired) electrons. The third-order valence-electron chi connectivity index (χ3n) is 2.15. The Bertz CT molecular complexity index is 613. The smallest absolute Gasteiger partial charge is 0.277 e. The van der Waals surface area contributed by atoms with Crippen LogP contribution in [-0.4, -0.2) is 25.5 Å². The van der Waals surface area contributed by atoms with Gasteiger partial charge in [-0.3, -0.25) is 14.3 Å². The van der Waals surface area contributed by atoms with Gasteiger partial charge in [0.15, 0.2) is 5.82 Å². The summed E-state index contributed by atoms with van der Waals surface area (Å²) in [5, 5.41) is 10.4. The third-order valence-corrected chi connectivity index (χ3v) is 2.15. The van der Waals surface area contributed by atoms with Crippen molar-refractivity contribution in [3.8, 4) is 0 Å². The van der Waals surface area contributed by atoms with Crippen molar-refractivity contribution in [1.29, 1.82) is 0 Å². The third kappa shape index (κ3) is 2.39. The molecule has 0 spiro atoms. The number of aromatic nitrogens is 4. The highest BCUT2D eigenvalue weighted by Crippen LogP contribution is 2.03. The zero-order valence-electron chi connectivity index (χ0n) is 9.41. The van der Waals surface area contributed by atoms with Gasteiger partial charge in [-0.05, 0) is 6.07 Å². The Morgan fingerprint density at radius 3 is 2.59 bits per heavy atom. The lowest BCUT2D eigenvalue weighted by Gasteiger charge is -2.02. The number of nitrogens with zero attached hydrogens (tertiary/aromatic N) is 4. The molecule has 0 aliphatic carbocycles. The van der Waals surface area contributed by atoms with Gasteiger partial charge in [-0.2, -0.15) is 10.2 Å². The van der Waals surface area contributed by atoms with Crippen LogP contribution in [0.5, 0.6) is 0 Å². The van der Waals surface area contributed by atoms with Gasteiger partial charge >= 0.3 is 0 Å². The van der Waals surface area contributed by atoms with Gasteiger partial charge in [0.1, 0.15) is 5.69 Å². The predicted molar refractivity (Wildman–Crippen MR) is 60.6 cm³/mol. The van der Waals surface area contributed by atoms with E-state index in [9.17, 15) is 9.59 Å². The zero-order valence-corrected chi connectivity index (χ0v) is 9.41. The topological polar surface area (TPSA) is 81.8 Å². The largest absolute Gasteiger partial charge is 0.304 e. The van der Waals surface area contributed by atoms with Crippen LogP contribution >= 0.6 is 0 Å². The van der Waals surface area contributed by atoms with E-state index in [2.05, 4.69) is 15.5 Å². The van der Waals surface area contributed by atoms with E-state index in [4.69, 9.17) is 0 Å². The van der Waals surface area contributed by atoms with E-state index in [1.54, 1.807) is 24.0 Å². The minimum absolute atomic E-state index is 0.165. The van der Waals surface area contributed by atoms with Crippen LogP contribution in [0.4, 0.5) is 5.82 Å². The lowest BCUT2D eigenvalue weighted by molar-refractivity contribution is 0.101. The van der Waals surface area contributed by atoms with Crippen molar-refractivity contribution in [2.45, 2.75) is 0 Å². The standard InChI is InChI=1S/C10H11N5O2/c1-14-6-5-8(13-14)11-10(17)7-3-4-9(16)15(2)12-7/h3-6H,1-2H3,(H,11,13,17). The van der Waals surface area contributed by atoms with Gasteiger partial charge in [0.2, 0.25) is 0 Å². The first-order valence-electron chi connectivity index (χ1n) is 4.91. The van der Waals surface area contributed by atoms with Crippen LogP contribution in [-0.2, 0) is 14.1 Å². The summed E-state index contributed by atoms with van der Waals surface area (Å²) in [6.07, 6.45) is 1.71. The molecule has 7 heteroatoms. The summed E-state index contributed by atoms with van der Waals surface area (Å²) in [5.41, 5.74) is -0.0999. The van der Waals surface area contributed by atoms with Gasteiger partial charge in [-0.25, -0.2) is 4.68 Å². The average molecular weight is 233 g/mol. The number of nitrogens with one attached hydrogen (secondary N) is 1. The first kappa shape index (κ1) is 11.1. The first-order valence-corrected chi connectivity index (χ1v) is 4.91. The van der Waals surface area contributed by atoms with Crippen molar-refractivity contribution in [3.05, 3.63) is 40.4 Å². The van der Waals surface area contributed by atoms with E-state index in [1.165, 1.54) is 19.2 Å². The Balaban J connectivity index is 2.20. The maximum absolute atomic E-state index is 11.7. The SMILES string of the molecule is Cn1ccc(NC(=O)c2ccc(=O)n(C)n2)n1. The molecule has 1 N–H and O–H groups in total. The fraction of sp³-hybridized carbons (Fsp3) is 0.200. The maximum Gasteiger partial charge on any atom is 0.277 e. The molecule has 0 unspecified atom stereocenters. The lowest BCUT2D eigenvalue weighted by atomic mass is 10.3. The van der Waals surface area contributed by atoms with Crippen molar-refractivity contribution >= 4 is 11.7 Å². The number of hydrogen-bond acceptors (Lipinski definition) is 4. The number of carbonyl (C=O) groups is 1. The summed E-state index contributed by atoms with van der Waals surface area (Å²) >= 11 is 0. The van der Waals surface area contributed by atoms with Crippen LogP contribution in [0.1, 0.15) is 10.5 Å². The molecule has 17 heavy (non-hydrogen) atoms. The molecule has 0 bridgehead atoms. The van der Waals surface area contributed by atoms with Crippen molar-refractivity contribution in [2.24, 2.45) is 14.1 Å². The van der Waals surface area contributed by atoms with Crippen molar-refractivity contribution < 1.29 is 4.79 Å². The molecule has 0 saturated heterocycles. The van der Waals surface area contributed by atoms with Gasteiger partial charge < -0.3 is 5.32 Å². The number of rotatable bonds is 2. The van der Waals surface area contributed by atoms with Gasteiger partial charge in [0.05, 0.1) is 0 Å². The minimum atomic E-state index is -0.403. The summed E-state index contributed by atoms with van der Waals surface area (Å²) in [5.74, 6) is 0.0347. The second kappa shape index (κ2) is 4.20. The summed E-state index contributed by atoms with van der Waals surface area (Å²) in [7, 11) is 3.24. The van der Waals surface area contributed by atoms with E-state index in [0.717, 1.165) is 4.68 Å². The Kier molecular flexibility index (Phi) is 2.73. The first-order chi connectivity index (χ1) is 8.06. The maximum atomic E-state index is 11.7. The molecule has 2 aromatic rings. The van der Waals surface area contributed by atoms with E-state index in [0.29, 0.717) is 5.82 Å². The van der Waals surface area contributed by atoms with Crippen LogP contribution in [0, 0.1) is 0 Å². The van der Waals surface area contributed by atoms with E-state index in [-0.39, 0.29) is 11.3 Å². The molecule has 0 aliphatic rings. The molecule has 0 atom stereocenters. The molecule has 2 rings (SSSR count). The molecule has 1 amide bonds. The molecule has 0 fully saturated rings. The highest BCUT2D eigenvalue weighted by Gasteiger charge is 2.09. The Morgan fingerprint density at radius 1 is 1.24 bits per heavy atom. The fourth-order valence-corrected chi connectivity index (χ4v) is 1.29. The number of amides is 1. The second-order valence-corrected chi connectivity index (χ2v) is 3.51. The van der Waals surface area contributed by atoms with Gasteiger partial charge in [-0.1, -0.05) is 0 Å². The Labute approximate surface area is 96.7 Å². The lowest BCUT2D eigenvalue weighted by Crippen LogP contribution is -2.23. The second-order valence-electron chi connectivity index (χ2n) is 3.51. The average Bonchev–Trinajstić information content (AvgIpc) is 2.68. The van der Waals surface area contributed by atoms with E-state index in [1.807, 2.05) is 0 Å². The van der Waals surface area contributed by atoms with Crippen molar-refractivity contribution in [3.63, 3.8) is 0 Å². The molecular weight excluding hydrogens is 222 g/mol. The predicted octanol–water partition coefficient (Wildman–Crippen LogP) is -0.234. The molecule has 2 heterocycles. The normalized spacial score (nSPS) is 10.2. The summed E-state index contributed by atoms with van der Waals surface area (Å²) in [4.78, 5) is 22.9. The summed E-state index contributed by atoms with van der Waals surface area (Å²) < 4.78 is 2.68. The van der Waals surface area contributed by atoms with Gasteiger partial charge in [0, 0.05) is 32.4 Å². The molecule has 0 aromatic carbocycles. The number of aryl methyl sites for hydroxylation is 2. The minimum Gasteiger partial charge on any atom is -0.304 e. The molecule has 88 valence electrons. The van der Waals surface area contributed by atoms with Gasteiger partial charge in [0.25, 0.3) is 11.5 Å². The molecule has 0 saturated carbocycles. The number of anilines is 1. The zero-order chi connectivity index (χ0) is 12.4. The number of hydrogen-bond donors (Lipinski definition) is 1. The van der Waals surface area contributed by atoms with Crippen LogP contribution in [0.2, 0.25) is 0 Å². The van der Waals surface area contributed by atoms with Crippen LogP contribution in [0.25, 0.3) is 0 Å². The summed E-state index contributed by atoms with van der Waals surface area (Å²) in [6.45, 7) is 0. The van der Waals surface area contributed by atoms with Gasteiger partial charge in [-0.15, -0.1) is 0 Å². The number of carbonyl (C=O) groups excluding carboxylic acids is 1. The quantitative estimate of drug-likeness (QED) is 0.776. The van der Waals surface area contributed by atoms with Crippen molar-refractivity contribution in [2.75, 3.05) is 5.32 Å². The summed E-state index contributed by atoms with van der Waals surface area (Å²) in [6, 6.07) is 4.33. The highest BCUT2D eigenvalue weighted by molar-refractivity contribution is 6.02. The highest BCUT2D eigenvalue weighted by atomic mass is 16.2. The molecule has 7 nitrogen and oxygen atoms in total. The van der Waals surface area contributed by atoms with E-state index < -0.39 is 5.91 Å². The Hall–Kier alpha value is -2.44. The van der Waals surface area contributed by atoms with Crippen LogP contribution in [0.15, 0.2) is 29.2 Å². The van der Waals surface area contributed by atoms with Crippen LogP contribution < -0.4 is 10.9 Å². The fourth-order valence-electron chi connectivity index (χ4n) is 1.29. The molecule has 0 aliphatic heterocycles.